The Morgan fingerprint density at radius 3 is 2.60 bits per heavy atom. The van der Waals surface area contributed by atoms with E-state index in [1.165, 1.54) is 0 Å². The van der Waals surface area contributed by atoms with Gasteiger partial charge in [-0.25, -0.2) is 0 Å². The van der Waals surface area contributed by atoms with E-state index in [-0.39, 0.29) is 0 Å². The quantitative estimate of drug-likeness (QED) is 0.823. The lowest BCUT2D eigenvalue weighted by atomic mass is 10.0. The molecule has 1 rings (SSSR count). The van der Waals surface area contributed by atoms with E-state index in [0.29, 0.717) is 0 Å². The van der Waals surface area contributed by atoms with Crippen molar-refractivity contribution in [3.63, 3.8) is 0 Å². The van der Waals surface area contributed by atoms with Gasteiger partial charge in [-0.1, -0.05) is 42.0 Å². The van der Waals surface area contributed by atoms with E-state index in [2.05, 4.69) is 0 Å². The highest BCUT2D eigenvalue weighted by Crippen LogP contribution is 2.17. The molecule has 0 radical (unpaired) electrons. The maximum Gasteiger partial charge on any atom is 0.0594 e. The van der Waals surface area contributed by atoms with Gasteiger partial charge in [-0.15, -0.1) is 0 Å². The van der Waals surface area contributed by atoms with Gasteiger partial charge in [0.15, 0.2) is 0 Å². The smallest absolute Gasteiger partial charge is 0.0594 e. The molecule has 0 spiro atoms. The molecule has 0 amide bonds. The van der Waals surface area contributed by atoms with Crippen LogP contribution in [0.1, 0.15) is 32.3 Å². The molecule has 0 fully saturated rings. The van der Waals surface area contributed by atoms with Gasteiger partial charge in [-0.2, -0.15) is 0 Å². The molecule has 82 valence electrons. The van der Waals surface area contributed by atoms with Crippen molar-refractivity contribution in [2.75, 3.05) is 0 Å². The number of halogens is 1. The van der Waals surface area contributed by atoms with Crippen LogP contribution in [0.2, 0.25) is 5.02 Å². The Bertz CT molecular complexity index is 337. The molecular formula is C13H17ClO. The highest BCUT2D eigenvalue weighted by Gasteiger charge is 2.09. The molecule has 0 bridgehead atoms. The SMILES string of the molecule is CC(C)(O)CCC=Cc1ccccc1Cl. The van der Waals surface area contributed by atoms with Crippen molar-refractivity contribution in [2.45, 2.75) is 32.3 Å². The lowest BCUT2D eigenvalue weighted by Gasteiger charge is -2.14. The van der Waals surface area contributed by atoms with Crippen LogP contribution in [0.5, 0.6) is 0 Å². The summed E-state index contributed by atoms with van der Waals surface area (Å²) in [6, 6.07) is 7.72. The first-order valence-electron chi connectivity index (χ1n) is 5.12. The summed E-state index contributed by atoms with van der Waals surface area (Å²) >= 11 is 5.99. The molecule has 1 N–H and O–H groups in total. The van der Waals surface area contributed by atoms with Crippen LogP contribution < -0.4 is 0 Å². The van der Waals surface area contributed by atoms with Crippen LogP contribution in [0.4, 0.5) is 0 Å². The molecule has 1 aromatic rings. The average Bonchev–Trinajstić information content (AvgIpc) is 2.13. The summed E-state index contributed by atoms with van der Waals surface area (Å²) in [4.78, 5) is 0. The van der Waals surface area contributed by atoms with E-state index < -0.39 is 5.60 Å². The third-order valence-electron chi connectivity index (χ3n) is 2.13. The second-order valence-electron chi connectivity index (χ2n) is 4.27. The van der Waals surface area contributed by atoms with Crippen molar-refractivity contribution in [1.29, 1.82) is 0 Å². The largest absolute Gasteiger partial charge is 0.390 e. The molecular weight excluding hydrogens is 208 g/mol. The predicted molar refractivity (Wildman–Crippen MR) is 66.0 cm³/mol. The fraction of sp³-hybridized carbons (Fsp3) is 0.385. The highest BCUT2D eigenvalue weighted by atomic mass is 35.5. The summed E-state index contributed by atoms with van der Waals surface area (Å²) in [6.07, 6.45) is 5.65. The molecule has 2 heteroatoms. The molecule has 0 aliphatic carbocycles. The van der Waals surface area contributed by atoms with E-state index in [1.807, 2.05) is 50.3 Å². The predicted octanol–water partition coefficient (Wildman–Crippen LogP) is 3.90. The standard InChI is InChI=1S/C13H17ClO/c1-13(2,15)10-6-5-8-11-7-3-4-9-12(11)14/h3-5,7-9,15H,6,10H2,1-2H3. The molecule has 0 saturated carbocycles. The summed E-state index contributed by atoms with van der Waals surface area (Å²) in [5.74, 6) is 0. The number of hydrogen-bond acceptors (Lipinski definition) is 1. The Balaban J connectivity index is 2.49. The average molecular weight is 225 g/mol. The Morgan fingerprint density at radius 1 is 1.33 bits per heavy atom. The van der Waals surface area contributed by atoms with Crippen molar-refractivity contribution in [3.05, 3.63) is 40.9 Å². The van der Waals surface area contributed by atoms with Crippen molar-refractivity contribution >= 4 is 17.7 Å². The van der Waals surface area contributed by atoms with Gasteiger partial charge in [0.05, 0.1) is 5.60 Å². The summed E-state index contributed by atoms with van der Waals surface area (Å²) in [7, 11) is 0. The van der Waals surface area contributed by atoms with Gasteiger partial charge in [-0.05, 0) is 38.3 Å². The van der Waals surface area contributed by atoms with Crippen LogP contribution in [-0.2, 0) is 0 Å². The third kappa shape index (κ3) is 5.01. The normalized spacial score (nSPS) is 12.3. The third-order valence-corrected chi connectivity index (χ3v) is 2.47. The molecule has 1 aromatic carbocycles. The van der Waals surface area contributed by atoms with Crippen molar-refractivity contribution < 1.29 is 5.11 Å². The molecule has 0 aliphatic heterocycles. The van der Waals surface area contributed by atoms with Crippen LogP contribution in [0.25, 0.3) is 6.08 Å². The second-order valence-corrected chi connectivity index (χ2v) is 4.68. The van der Waals surface area contributed by atoms with Crippen molar-refractivity contribution in [2.24, 2.45) is 0 Å². The number of rotatable bonds is 4. The number of hydrogen-bond donors (Lipinski definition) is 1. The minimum Gasteiger partial charge on any atom is -0.390 e. The van der Waals surface area contributed by atoms with E-state index in [0.717, 1.165) is 23.4 Å². The van der Waals surface area contributed by atoms with Gasteiger partial charge in [0, 0.05) is 5.02 Å². The molecule has 0 aliphatic rings. The van der Waals surface area contributed by atoms with Gasteiger partial charge < -0.3 is 5.11 Å². The Labute approximate surface area is 96.4 Å². The van der Waals surface area contributed by atoms with Crippen molar-refractivity contribution in [1.82, 2.24) is 0 Å². The van der Waals surface area contributed by atoms with Gasteiger partial charge in [-0.3, -0.25) is 0 Å². The zero-order valence-electron chi connectivity index (χ0n) is 9.20. The molecule has 15 heavy (non-hydrogen) atoms. The van der Waals surface area contributed by atoms with Crippen LogP contribution >= 0.6 is 11.6 Å². The van der Waals surface area contributed by atoms with Crippen LogP contribution in [0.15, 0.2) is 30.3 Å². The van der Waals surface area contributed by atoms with Crippen LogP contribution in [-0.4, -0.2) is 10.7 Å². The lowest BCUT2D eigenvalue weighted by Crippen LogP contribution is -2.17. The molecule has 0 unspecified atom stereocenters. The van der Waals surface area contributed by atoms with Crippen LogP contribution in [0, 0.1) is 0 Å². The molecule has 1 nitrogen and oxygen atoms in total. The summed E-state index contributed by atoms with van der Waals surface area (Å²) < 4.78 is 0. The van der Waals surface area contributed by atoms with Gasteiger partial charge in [0.1, 0.15) is 0 Å². The molecule has 0 saturated heterocycles. The summed E-state index contributed by atoms with van der Waals surface area (Å²) in [5, 5.41) is 10.3. The zero-order chi connectivity index (χ0) is 11.3. The molecule has 0 atom stereocenters. The topological polar surface area (TPSA) is 20.2 Å². The first-order chi connectivity index (χ1) is 6.99. The minimum atomic E-state index is -0.592. The monoisotopic (exact) mass is 224 g/mol. The highest BCUT2D eigenvalue weighted by molar-refractivity contribution is 6.32. The first-order valence-corrected chi connectivity index (χ1v) is 5.50. The van der Waals surface area contributed by atoms with E-state index >= 15 is 0 Å². The fourth-order valence-corrected chi connectivity index (χ4v) is 1.46. The Hall–Kier alpha value is -0.790. The Kier molecular flexibility index (Phi) is 4.37. The maximum absolute atomic E-state index is 9.51. The van der Waals surface area contributed by atoms with Gasteiger partial charge >= 0.3 is 0 Å². The maximum atomic E-state index is 9.51. The summed E-state index contributed by atoms with van der Waals surface area (Å²) in [6.45, 7) is 3.63. The zero-order valence-corrected chi connectivity index (χ0v) is 9.96. The second kappa shape index (κ2) is 5.34. The van der Waals surface area contributed by atoms with Gasteiger partial charge in [0.25, 0.3) is 0 Å². The molecule has 0 heterocycles. The first kappa shape index (κ1) is 12.3. The fourth-order valence-electron chi connectivity index (χ4n) is 1.26. The van der Waals surface area contributed by atoms with Gasteiger partial charge in [0.2, 0.25) is 0 Å². The van der Waals surface area contributed by atoms with Crippen molar-refractivity contribution in [3.8, 4) is 0 Å². The van der Waals surface area contributed by atoms with E-state index in [9.17, 15) is 5.11 Å². The van der Waals surface area contributed by atoms with Crippen LogP contribution in [0.3, 0.4) is 0 Å². The minimum absolute atomic E-state index is 0.592. The number of allylic oxidation sites excluding steroid dienone is 1. The number of aliphatic hydroxyl groups is 1. The Morgan fingerprint density at radius 2 is 2.00 bits per heavy atom. The number of benzene rings is 1. The van der Waals surface area contributed by atoms with E-state index in [4.69, 9.17) is 11.6 Å². The lowest BCUT2D eigenvalue weighted by molar-refractivity contribution is 0.0722. The molecule has 0 aromatic heterocycles. The van der Waals surface area contributed by atoms with E-state index in [1.54, 1.807) is 0 Å². The summed E-state index contributed by atoms with van der Waals surface area (Å²) in [5.41, 5.74) is 0.431.